The summed E-state index contributed by atoms with van der Waals surface area (Å²) in [7, 11) is 0. The van der Waals surface area contributed by atoms with Crippen LogP contribution < -0.4 is 0 Å². The molecule has 0 bridgehead atoms. The molecule has 1 aliphatic heterocycles. The second-order valence-electron chi connectivity index (χ2n) is 4.94. The van der Waals surface area contributed by atoms with Gasteiger partial charge in [0.15, 0.2) is 0 Å². The molecule has 1 fully saturated rings. The molecule has 2 nitrogen and oxygen atoms in total. The first-order valence-corrected chi connectivity index (χ1v) is 6.67. The molecule has 1 atom stereocenters. The molecule has 1 aromatic rings. The van der Waals surface area contributed by atoms with Crippen LogP contribution in [0.5, 0.6) is 0 Å². The van der Waals surface area contributed by atoms with Gasteiger partial charge in [-0.2, -0.15) is 0 Å². The molecule has 2 heteroatoms. The maximum absolute atomic E-state index is 5.73. The van der Waals surface area contributed by atoms with E-state index in [2.05, 4.69) is 43.0 Å². The fourth-order valence-corrected chi connectivity index (χ4v) is 2.60. The van der Waals surface area contributed by atoms with Gasteiger partial charge >= 0.3 is 0 Å². The van der Waals surface area contributed by atoms with Crippen LogP contribution in [-0.2, 0) is 11.3 Å². The Balaban J connectivity index is 1.90. The lowest BCUT2D eigenvalue weighted by molar-refractivity contribution is 0.00363. The van der Waals surface area contributed by atoms with Crippen molar-refractivity contribution in [3.05, 3.63) is 35.4 Å². The Morgan fingerprint density at radius 1 is 1.41 bits per heavy atom. The minimum atomic E-state index is 0.443. The van der Waals surface area contributed by atoms with E-state index in [-0.39, 0.29) is 0 Å². The van der Waals surface area contributed by atoms with E-state index in [1.54, 1.807) is 0 Å². The molecular weight excluding hydrogens is 210 g/mol. The number of benzene rings is 1. The molecular formula is C15H23NO. The Morgan fingerprint density at radius 2 is 2.29 bits per heavy atom. The first-order chi connectivity index (χ1) is 8.28. The summed E-state index contributed by atoms with van der Waals surface area (Å²) in [5, 5.41) is 0. The van der Waals surface area contributed by atoms with E-state index in [1.165, 1.54) is 30.5 Å². The smallest absolute Gasteiger partial charge is 0.0702 e. The van der Waals surface area contributed by atoms with Gasteiger partial charge in [0, 0.05) is 19.7 Å². The van der Waals surface area contributed by atoms with Gasteiger partial charge in [-0.05, 0) is 38.8 Å². The maximum Gasteiger partial charge on any atom is 0.0702 e. The van der Waals surface area contributed by atoms with Gasteiger partial charge in [0.25, 0.3) is 0 Å². The predicted octanol–water partition coefficient (Wildman–Crippen LogP) is 3.00. The molecule has 0 amide bonds. The second kappa shape index (κ2) is 6.18. The zero-order chi connectivity index (χ0) is 12.1. The van der Waals surface area contributed by atoms with Crippen molar-refractivity contribution in [3.63, 3.8) is 0 Å². The number of hydrogen-bond donors (Lipinski definition) is 0. The van der Waals surface area contributed by atoms with Gasteiger partial charge in [-0.15, -0.1) is 0 Å². The van der Waals surface area contributed by atoms with Crippen LogP contribution in [0.1, 0.15) is 30.9 Å². The Bertz CT molecular complexity index is 349. The molecule has 1 heterocycles. The van der Waals surface area contributed by atoms with Crippen molar-refractivity contribution < 1.29 is 4.74 Å². The van der Waals surface area contributed by atoms with Gasteiger partial charge in [-0.3, -0.25) is 4.90 Å². The molecule has 2 rings (SSSR count). The molecule has 0 spiro atoms. The summed E-state index contributed by atoms with van der Waals surface area (Å²) in [6.45, 7) is 8.43. The lowest BCUT2D eigenvalue weighted by atomic mass is 10.1. The number of aryl methyl sites for hydroxylation is 1. The number of rotatable bonds is 4. The lowest BCUT2D eigenvalue weighted by Gasteiger charge is -2.32. The molecule has 1 unspecified atom stereocenters. The van der Waals surface area contributed by atoms with Crippen molar-refractivity contribution in [2.45, 2.75) is 39.3 Å². The fraction of sp³-hybridized carbons (Fsp3) is 0.600. The average Bonchev–Trinajstić information content (AvgIpc) is 2.30. The highest BCUT2D eigenvalue weighted by Gasteiger charge is 2.19. The Hall–Kier alpha value is -0.860. The van der Waals surface area contributed by atoms with Crippen LogP contribution in [-0.4, -0.2) is 30.7 Å². The number of hydrogen-bond acceptors (Lipinski definition) is 2. The van der Waals surface area contributed by atoms with Crippen molar-refractivity contribution in [2.75, 3.05) is 19.7 Å². The Morgan fingerprint density at radius 3 is 3.06 bits per heavy atom. The number of ether oxygens (including phenoxy) is 1. The topological polar surface area (TPSA) is 12.5 Å². The summed E-state index contributed by atoms with van der Waals surface area (Å²) in [5.41, 5.74) is 2.77. The quantitative estimate of drug-likeness (QED) is 0.792. The van der Waals surface area contributed by atoms with Gasteiger partial charge in [-0.1, -0.05) is 29.8 Å². The van der Waals surface area contributed by atoms with Crippen LogP contribution in [0.25, 0.3) is 0 Å². The minimum Gasteiger partial charge on any atom is -0.377 e. The molecule has 94 valence electrons. The van der Waals surface area contributed by atoms with Crippen molar-refractivity contribution >= 4 is 0 Å². The third-order valence-corrected chi connectivity index (χ3v) is 3.35. The fourth-order valence-electron chi connectivity index (χ4n) is 2.60. The number of nitrogens with zero attached hydrogens (tertiary/aromatic N) is 1. The van der Waals surface area contributed by atoms with Crippen LogP contribution in [0.15, 0.2) is 24.3 Å². The van der Waals surface area contributed by atoms with Gasteiger partial charge in [0.1, 0.15) is 0 Å². The standard InChI is InChI=1S/C15H23NO/c1-3-17-15-8-5-9-16(12-15)11-14-7-4-6-13(2)10-14/h4,6-7,10,15H,3,5,8-9,11-12H2,1-2H3. The number of likely N-dealkylation sites (tertiary alicyclic amines) is 1. The second-order valence-corrected chi connectivity index (χ2v) is 4.94. The van der Waals surface area contributed by atoms with Crippen LogP contribution in [0, 0.1) is 6.92 Å². The van der Waals surface area contributed by atoms with Crippen molar-refractivity contribution in [2.24, 2.45) is 0 Å². The van der Waals surface area contributed by atoms with Crippen LogP contribution in [0.3, 0.4) is 0 Å². The van der Waals surface area contributed by atoms with Crippen molar-refractivity contribution in [1.82, 2.24) is 4.90 Å². The molecule has 0 aliphatic carbocycles. The summed E-state index contributed by atoms with van der Waals surface area (Å²) < 4.78 is 5.73. The highest BCUT2D eigenvalue weighted by atomic mass is 16.5. The SMILES string of the molecule is CCOC1CCCN(Cc2cccc(C)c2)C1. The molecule has 1 aliphatic rings. The summed E-state index contributed by atoms with van der Waals surface area (Å²) in [5.74, 6) is 0. The zero-order valence-electron chi connectivity index (χ0n) is 11.0. The van der Waals surface area contributed by atoms with E-state index >= 15 is 0 Å². The molecule has 0 aromatic heterocycles. The Labute approximate surface area is 105 Å². The van der Waals surface area contributed by atoms with Crippen LogP contribution in [0.4, 0.5) is 0 Å². The highest BCUT2D eigenvalue weighted by molar-refractivity contribution is 5.22. The van der Waals surface area contributed by atoms with E-state index in [4.69, 9.17) is 4.74 Å². The monoisotopic (exact) mass is 233 g/mol. The average molecular weight is 233 g/mol. The van der Waals surface area contributed by atoms with Gasteiger partial charge in [-0.25, -0.2) is 0 Å². The predicted molar refractivity (Wildman–Crippen MR) is 71.1 cm³/mol. The third kappa shape index (κ3) is 3.83. The van der Waals surface area contributed by atoms with Crippen molar-refractivity contribution in [3.8, 4) is 0 Å². The lowest BCUT2D eigenvalue weighted by Crippen LogP contribution is -2.39. The Kier molecular flexibility index (Phi) is 4.57. The maximum atomic E-state index is 5.73. The summed E-state index contributed by atoms with van der Waals surface area (Å²) in [4.78, 5) is 2.51. The van der Waals surface area contributed by atoms with Gasteiger partial charge < -0.3 is 4.74 Å². The van der Waals surface area contributed by atoms with Crippen LogP contribution in [0.2, 0.25) is 0 Å². The zero-order valence-corrected chi connectivity index (χ0v) is 11.0. The van der Waals surface area contributed by atoms with E-state index < -0.39 is 0 Å². The van der Waals surface area contributed by atoms with E-state index in [9.17, 15) is 0 Å². The summed E-state index contributed by atoms with van der Waals surface area (Å²) >= 11 is 0. The minimum absolute atomic E-state index is 0.443. The van der Waals surface area contributed by atoms with Gasteiger partial charge in [0.2, 0.25) is 0 Å². The largest absolute Gasteiger partial charge is 0.377 e. The van der Waals surface area contributed by atoms with E-state index in [1.807, 2.05) is 0 Å². The first-order valence-electron chi connectivity index (χ1n) is 6.67. The summed E-state index contributed by atoms with van der Waals surface area (Å²) in [6, 6.07) is 8.80. The molecule has 1 saturated heterocycles. The third-order valence-electron chi connectivity index (χ3n) is 3.35. The molecule has 0 N–H and O–H groups in total. The first kappa shape index (κ1) is 12.6. The van der Waals surface area contributed by atoms with E-state index in [0.29, 0.717) is 6.10 Å². The molecule has 0 saturated carbocycles. The molecule has 17 heavy (non-hydrogen) atoms. The molecule has 1 aromatic carbocycles. The van der Waals surface area contributed by atoms with Crippen LogP contribution >= 0.6 is 0 Å². The number of piperidine rings is 1. The normalized spacial score (nSPS) is 21.6. The molecule has 0 radical (unpaired) electrons. The van der Waals surface area contributed by atoms with Crippen molar-refractivity contribution in [1.29, 1.82) is 0 Å². The van der Waals surface area contributed by atoms with Gasteiger partial charge in [0.05, 0.1) is 6.10 Å². The van der Waals surface area contributed by atoms with E-state index in [0.717, 1.165) is 19.7 Å². The summed E-state index contributed by atoms with van der Waals surface area (Å²) in [6.07, 6.45) is 2.92. The highest BCUT2D eigenvalue weighted by Crippen LogP contribution is 2.16.